The molecule has 0 saturated carbocycles. The molecule has 3 rings (SSSR count). The van der Waals surface area contributed by atoms with Crippen molar-refractivity contribution in [3.63, 3.8) is 0 Å². The molecule has 0 aromatic heterocycles. The number of allylic oxidation sites excluding steroid dienone is 1. The number of nitrogen functional groups attached to an aromatic ring is 1. The minimum absolute atomic E-state index is 0.889. The third-order valence-electron chi connectivity index (χ3n) is 5.02. The first-order chi connectivity index (χ1) is 12.6. The van der Waals surface area contributed by atoms with Gasteiger partial charge in [-0.2, -0.15) is 0 Å². The molecule has 4 N–H and O–H groups in total. The monoisotopic (exact) mass is 349 g/mol. The van der Waals surface area contributed by atoms with E-state index in [1.807, 2.05) is 25.3 Å². The van der Waals surface area contributed by atoms with Crippen molar-refractivity contribution in [1.82, 2.24) is 4.90 Å². The fraction of sp³-hybridized carbons (Fsp3) is 0.286. The lowest BCUT2D eigenvalue weighted by molar-refractivity contribution is 0.314. The van der Waals surface area contributed by atoms with E-state index in [2.05, 4.69) is 52.5 Å². The highest BCUT2D eigenvalue weighted by Crippen LogP contribution is 2.38. The minimum Gasteiger partial charge on any atom is -0.387 e. The number of nitrogens with one attached hydrogen (secondary N) is 2. The molecule has 5 heteroatoms. The van der Waals surface area contributed by atoms with Crippen molar-refractivity contribution < 1.29 is 0 Å². The van der Waals surface area contributed by atoms with Crippen LogP contribution < -0.4 is 16.6 Å². The van der Waals surface area contributed by atoms with Crippen LogP contribution in [0.25, 0.3) is 11.1 Å². The van der Waals surface area contributed by atoms with Crippen molar-refractivity contribution >= 4 is 17.1 Å². The molecule has 136 valence electrons. The van der Waals surface area contributed by atoms with Crippen molar-refractivity contribution in [2.24, 2.45) is 10.8 Å². The number of hydrogen-bond acceptors (Lipinski definition) is 5. The molecule has 0 atom stereocenters. The Morgan fingerprint density at radius 2 is 2.12 bits per heavy atom. The predicted molar refractivity (Wildman–Crippen MR) is 112 cm³/mol. The van der Waals surface area contributed by atoms with Gasteiger partial charge in [-0.15, -0.1) is 0 Å². The molecule has 26 heavy (non-hydrogen) atoms. The van der Waals surface area contributed by atoms with Crippen LogP contribution in [0.15, 0.2) is 48.0 Å². The van der Waals surface area contributed by atoms with Crippen LogP contribution in [-0.4, -0.2) is 38.3 Å². The molecule has 0 bridgehead atoms. The Kier molecular flexibility index (Phi) is 5.40. The van der Waals surface area contributed by atoms with Crippen molar-refractivity contribution in [1.29, 1.82) is 0 Å². The molecule has 0 saturated heterocycles. The van der Waals surface area contributed by atoms with E-state index < -0.39 is 0 Å². The third kappa shape index (κ3) is 3.23. The fourth-order valence-electron chi connectivity index (χ4n) is 3.73. The molecule has 0 aliphatic carbocycles. The van der Waals surface area contributed by atoms with E-state index in [0.29, 0.717) is 0 Å². The maximum atomic E-state index is 5.62. The number of aliphatic imine (C=N–C) groups is 1. The Bertz CT molecular complexity index is 854. The zero-order valence-corrected chi connectivity index (χ0v) is 15.8. The summed E-state index contributed by atoms with van der Waals surface area (Å²) in [7, 11) is 5.94. The van der Waals surface area contributed by atoms with E-state index in [-0.39, 0.29) is 0 Å². The van der Waals surface area contributed by atoms with Gasteiger partial charge in [0.05, 0.1) is 5.71 Å². The van der Waals surface area contributed by atoms with Gasteiger partial charge in [0.1, 0.15) is 0 Å². The average Bonchev–Trinajstić information content (AvgIpc) is 2.68. The summed E-state index contributed by atoms with van der Waals surface area (Å²) in [4.78, 5) is 6.79. The molecule has 1 heterocycles. The van der Waals surface area contributed by atoms with Gasteiger partial charge in [-0.05, 0) is 60.0 Å². The lowest BCUT2D eigenvalue weighted by Gasteiger charge is -2.30. The Morgan fingerprint density at radius 1 is 1.31 bits per heavy atom. The zero-order chi connectivity index (χ0) is 18.7. The fourth-order valence-corrected chi connectivity index (χ4v) is 3.73. The molecule has 2 aromatic rings. The number of fused-ring (bicyclic) bond motifs is 1. The molecule has 0 fully saturated rings. The van der Waals surface area contributed by atoms with Gasteiger partial charge in [-0.25, -0.2) is 0 Å². The van der Waals surface area contributed by atoms with Crippen LogP contribution in [0.2, 0.25) is 0 Å². The van der Waals surface area contributed by atoms with Crippen LogP contribution >= 0.6 is 0 Å². The van der Waals surface area contributed by atoms with Crippen LogP contribution in [0, 0.1) is 0 Å². The number of rotatable bonds is 5. The van der Waals surface area contributed by atoms with E-state index in [0.717, 1.165) is 47.7 Å². The van der Waals surface area contributed by atoms with Gasteiger partial charge < -0.3 is 15.6 Å². The molecular weight excluding hydrogens is 322 g/mol. The molecule has 0 amide bonds. The maximum absolute atomic E-state index is 5.62. The summed E-state index contributed by atoms with van der Waals surface area (Å²) in [6, 6.07) is 10.5. The molecule has 0 spiro atoms. The second-order valence-electron chi connectivity index (χ2n) is 6.58. The number of hydrogen-bond donors (Lipinski definition) is 3. The van der Waals surface area contributed by atoms with Gasteiger partial charge in [0.15, 0.2) is 0 Å². The number of nitrogens with zero attached hydrogens (tertiary/aromatic N) is 2. The quantitative estimate of drug-likeness (QED) is 0.440. The summed E-state index contributed by atoms with van der Waals surface area (Å²) in [5.41, 5.74) is 11.9. The van der Waals surface area contributed by atoms with Gasteiger partial charge in [-0.1, -0.05) is 18.7 Å². The summed E-state index contributed by atoms with van der Waals surface area (Å²) >= 11 is 0. The minimum atomic E-state index is 0.889. The number of nitrogens with two attached hydrogens (primary N) is 1. The lowest BCUT2D eigenvalue weighted by Crippen LogP contribution is -2.28. The van der Waals surface area contributed by atoms with E-state index in [4.69, 9.17) is 5.84 Å². The molecule has 5 nitrogen and oxygen atoms in total. The second-order valence-corrected chi connectivity index (χ2v) is 6.58. The van der Waals surface area contributed by atoms with Crippen LogP contribution in [0.4, 0.5) is 11.4 Å². The Labute approximate surface area is 155 Å². The molecule has 0 unspecified atom stereocenters. The Hall–Kier alpha value is -2.63. The highest BCUT2D eigenvalue weighted by Gasteiger charge is 2.24. The largest absolute Gasteiger partial charge is 0.387 e. The topological polar surface area (TPSA) is 65.7 Å². The van der Waals surface area contributed by atoms with Crippen LogP contribution in [0.1, 0.15) is 16.7 Å². The maximum Gasteiger partial charge on any atom is 0.0658 e. The number of hydrazine groups is 1. The summed E-state index contributed by atoms with van der Waals surface area (Å²) in [5.74, 6) is 5.62. The van der Waals surface area contributed by atoms with E-state index in [1.54, 1.807) is 7.05 Å². The SMILES string of the molecule is C=CC(=NC)c1cc(-c2cccc(NN)c2)c2c(c1NC)CN(C)CC2. The highest BCUT2D eigenvalue weighted by molar-refractivity contribution is 6.13. The van der Waals surface area contributed by atoms with Crippen LogP contribution in [0.5, 0.6) is 0 Å². The number of likely N-dealkylation sites (N-methyl/N-ethyl adjacent to an activating group) is 1. The predicted octanol–water partition coefficient (Wildman–Crippen LogP) is 3.27. The van der Waals surface area contributed by atoms with Crippen molar-refractivity contribution in [2.45, 2.75) is 13.0 Å². The number of anilines is 2. The van der Waals surface area contributed by atoms with E-state index >= 15 is 0 Å². The van der Waals surface area contributed by atoms with E-state index in [1.165, 1.54) is 16.7 Å². The molecule has 2 aromatic carbocycles. The van der Waals surface area contributed by atoms with Crippen LogP contribution in [0.3, 0.4) is 0 Å². The standard InChI is InChI=1S/C21H27N5/c1-5-20(23-2)18-12-17(14-7-6-8-15(11-14)25-22)16-9-10-26(4)13-19(16)21(18)24-3/h5-8,11-12,24-25H,1,9-10,13,22H2,2-4H3. The smallest absolute Gasteiger partial charge is 0.0658 e. The van der Waals surface area contributed by atoms with Gasteiger partial charge in [0.2, 0.25) is 0 Å². The lowest BCUT2D eigenvalue weighted by atomic mass is 9.86. The van der Waals surface area contributed by atoms with Gasteiger partial charge in [0.25, 0.3) is 0 Å². The molecular formula is C21H27N5. The van der Waals surface area contributed by atoms with Crippen molar-refractivity contribution in [2.75, 3.05) is 38.4 Å². The average molecular weight is 349 g/mol. The first-order valence-corrected chi connectivity index (χ1v) is 8.84. The normalized spacial score (nSPS) is 14.7. The summed E-state index contributed by atoms with van der Waals surface area (Å²) in [6.07, 6.45) is 2.83. The Balaban J connectivity index is 2.31. The first-order valence-electron chi connectivity index (χ1n) is 8.84. The van der Waals surface area contributed by atoms with E-state index in [9.17, 15) is 0 Å². The van der Waals surface area contributed by atoms with Gasteiger partial charge >= 0.3 is 0 Å². The first kappa shape index (κ1) is 18.2. The zero-order valence-electron chi connectivity index (χ0n) is 15.8. The third-order valence-corrected chi connectivity index (χ3v) is 5.02. The van der Waals surface area contributed by atoms with Crippen LogP contribution in [-0.2, 0) is 13.0 Å². The molecule has 1 aliphatic rings. The molecule has 1 aliphatic heterocycles. The van der Waals surface area contributed by atoms with Crippen molar-refractivity contribution in [3.05, 3.63) is 59.7 Å². The van der Waals surface area contributed by atoms with Gasteiger partial charge in [0, 0.05) is 44.1 Å². The second kappa shape index (κ2) is 7.72. The molecule has 0 radical (unpaired) electrons. The van der Waals surface area contributed by atoms with Crippen molar-refractivity contribution in [3.8, 4) is 11.1 Å². The highest BCUT2D eigenvalue weighted by atomic mass is 15.2. The number of benzene rings is 2. The Morgan fingerprint density at radius 3 is 2.77 bits per heavy atom. The summed E-state index contributed by atoms with van der Waals surface area (Å²) < 4.78 is 0. The van der Waals surface area contributed by atoms with Gasteiger partial charge in [-0.3, -0.25) is 10.8 Å². The summed E-state index contributed by atoms with van der Waals surface area (Å²) in [6.45, 7) is 5.91. The summed E-state index contributed by atoms with van der Waals surface area (Å²) in [5, 5.41) is 3.41.